The average molecular weight is 433 g/mol. The van der Waals surface area contributed by atoms with Crippen LogP contribution in [0.25, 0.3) is 0 Å². The Hall–Kier alpha value is -2.58. The molecule has 8 nitrogen and oxygen atoms in total. The summed E-state index contributed by atoms with van der Waals surface area (Å²) in [4.78, 5) is 43.4. The zero-order chi connectivity index (χ0) is 21.6. The number of ether oxygens (including phenoxy) is 1. The van der Waals surface area contributed by atoms with E-state index in [2.05, 4.69) is 5.32 Å². The number of nitrogens with one attached hydrogen (secondary N) is 1. The quantitative estimate of drug-likeness (QED) is 0.789. The molecule has 0 unspecified atom stereocenters. The van der Waals surface area contributed by atoms with Crippen LogP contribution in [0.1, 0.15) is 25.5 Å². The fraction of sp³-hybridized carbons (Fsp3) is 0.476. The fourth-order valence-corrected chi connectivity index (χ4v) is 4.58. The van der Waals surface area contributed by atoms with E-state index in [-0.39, 0.29) is 43.1 Å². The Kier molecular flexibility index (Phi) is 5.46. The first-order valence-corrected chi connectivity index (χ1v) is 10.4. The number of hydrogen-bond acceptors (Lipinski definition) is 4. The Morgan fingerprint density at radius 2 is 1.87 bits per heavy atom. The van der Waals surface area contributed by atoms with Crippen molar-refractivity contribution < 1.29 is 19.1 Å². The monoisotopic (exact) mass is 432 g/mol. The van der Waals surface area contributed by atoms with E-state index in [0.29, 0.717) is 34.9 Å². The molecule has 3 aliphatic heterocycles. The molecule has 0 bridgehead atoms. The number of likely N-dealkylation sites (N-methyl/N-ethyl adjacent to an activating group) is 1. The summed E-state index contributed by atoms with van der Waals surface area (Å²) in [6.45, 7) is 5.03. The molecule has 0 saturated carbocycles. The molecule has 1 saturated heterocycles. The van der Waals surface area contributed by atoms with Crippen LogP contribution in [0.3, 0.4) is 0 Å². The molecular formula is C21H25ClN4O4. The highest BCUT2D eigenvalue weighted by atomic mass is 35.5. The number of benzene rings is 1. The molecule has 3 heterocycles. The van der Waals surface area contributed by atoms with Crippen molar-refractivity contribution >= 4 is 29.4 Å². The lowest BCUT2D eigenvalue weighted by molar-refractivity contribution is -0.146. The van der Waals surface area contributed by atoms with Crippen LogP contribution in [-0.2, 0) is 14.3 Å². The molecule has 0 radical (unpaired) electrons. The molecule has 30 heavy (non-hydrogen) atoms. The van der Waals surface area contributed by atoms with E-state index in [9.17, 15) is 14.4 Å². The minimum absolute atomic E-state index is 0.0391. The number of amides is 4. The molecule has 1 aromatic carbocycles. The topological polar surface area (TPSA) is 82.2 Å². The van der Waals surface area contributed by atoms with E-state index in [4.69, 9.17) is 16.3 Å². The molecule has 0 spiro atoms. The van der Waals surface area contributed by atoms with Gasteiger partial charge in [-0.3, -0.25) is 14.5 Å². The van der Waals surface area contributed by atoms with Crippen LogP contribution < -0.4 is 5.32 Å². The number of hydrogen-bond donors (Lipinski definition) is 1. The van der Waals surface area contributed by atoms with Crippen LogP contribution in [-0.4, -0.2) is 78.0 Å². The van der Waals surface area contributed by atoms with E-state index >= 15 is 0 Å². The Balaban J connectivity index is 1.57. The van der Waals surface area contributed by atoms with E-state index in [1.165, 1.54) is 9.80 Å². The molecule has 160 valence electrons. The molecule has 0 aromatic heterocycles. The predicted octanol–water partition coefficient (Wildman–Crippen LogP) is 1.77. The highest BCUT2D eigenvalue weighted by molar-refractivity contribution is 6.31. The largest absolute Gasteiger partial charge is 0.372 e. The van der Waals surface area contributed by atoms with Crippen molar-refractivity contribution in [3.8, 4) is 0 Å². The summed E-state index contributed by atoms with van der Waals surface area (Å²) in [7, 11) is 1.62. The van der Waals surface area contributed by atoms with E-state index in [1.807, 2.05) is 19.9 Å². The van der Waals surface area contributed by atoms with Gasteiger partial charge >= 0.3 is 6.03 Å². The zero-order valence-corrected chi connectivity index (χ0v) is 18.0. The van der Waals surface area contributed by atoms with Crippen molar-refractivity contribution in [2.75, 3.05) is 33.2 Å². The van der Waals surface area contributed by atoms with Crippen LogP contribution in [0.4, 0.5) is 4.79 Å². The Morgan fingerprint density at radius 1 is 1.20 bits per heavy atom. The lowest BCUT2D eigenvalue weighted by Gasteiger charge is -2.36. The zero-order valence-electron chi connectivity index (χ0n) is 17.2. The maximum atomic E-state index is 13.3. The van der Waals surface area contributed by atoms with E-state index in [0.717, 1.165) is 0 Å². The summed E-state index contributed by atoms with van der Waals surface area (Å²) >= 11 is 6.34. The van der Waals surface area contributed by atoms with Gasteiger partial charge in [0.1, 0.15) is 6.54 Å². The number of carbonyl (C=O) groups is 3. The van der Waals surface area contributed by atoms with Crippen LogP contribution in [0.15, 0.2) is 35.5 Å². The van der Waals surface area contributed by atoms with Crippen LogP contribution in [0.5, 0.6) is 0 Å². The lowest BCUT2D eigenvalue weighted by Crippen LogP contribution is -2.51. The van der Waals surface area contributed by atoms with Crippen LogP contribution >= 0.6 is 11.6 Å². The van der Waals surface area contributed by atoms with Gasteiger partial charge in [-0.25, -0.2) is 4.79 Å². The number of halogens is 1. The summed E-state index contributed by atoms with van der Waals surface area (Å²) in [6, 6.07) is 6.17. The lowest BCUT2D eigenvalue weighted by atomic mass is 9.96. The number of rotatable bonds is 3. The summed E-state index contributed by atoms with van der Waals surface area (Å²) in [5.74, 6) is -0.383. The third-order valence-electron chi connectivity index (χ3n) is 5.75. The Labute approximate surface area is 180 Å². The third kappa shape index (κ3) is 3.65. The van der Waals surface area contributed by atoms with Crippen LogP contribution in [0.2, 0.25) is 5.02 Å². The van der Waals surface area contributed by atoms with Crippen molar-refractivity contribution in [1.29, 1.82) is 0 Å². The molecule has 1 aromatic rings. The Bertz CT molecular complexity index is 923. The van der Waals surface area contributed by atoms with Gasteiger partial charge in [0.05, 0.1) is 36.1 Å². The van der Waals surface area contributed by atoms with Gasteiger partial charge in [-0.05, 0) is 25.5 Å². The fourth-order valence-electron chi connectivity index (χ4n) is 4.34. The molecule has 1 N–H and O–H groups in total. The van der Waals surface area contributed by atoms with Crippen LogP contribution in [0, 0.1) is 0 Å². The van der Waals surface area contributed by atoms with E-state index < -0.39 is 6.04 Å². The SMILES string of the molecule is C[C@@H]1CN(C(=O)CN2CC3=C(C2=O)[C@H](c2ccccc2Cl)NC(=O)N3C)C[C@H](C)O1. The van der Waals surface area contributed by atoms with Crippen molar-refractivity contribution in [1.82, 2.24) is 20.0 Å². The molecular weight excluding hydrogens is 408 g/mol. The number of urea groups is 1. The maximum Gasteiger partial charge on any atom is 0.322 e. The van der Waals surface area contributed by atoms with E-state index in [1.54, 1.807) is 30.1 Å². The van der Waals surface area contributed by atoms with Gasteiger partial charge in [0.2, 0.25) is 5.91 Å². The van der Waals surface area contributed by atoms with Gasteiger partial charge in [0.25, 0.3) is 5.91 Å². The van der Waals surface area contributed by atoms with Gasteiger partial charge in [0.15, 0.2) is 0 Å². The maximum absolute atomic E-state index is 13.3. The summed E-state index contributed by atoms with van der Waals surface area (Å²) in [5, 5.41) is 3.33. The minimum Gasteiger partial charge on any atom is -0.372 e. The minimum atomic E-state index is -0.645. The number of carbonyl (C=O) groups excluding carboxylic acids is 3. The summed E-state index contributed by atoms with van der Waals surface area (Å²) in [6.07, 6.45) is -0.0910. The van der Waals surface area contributed by atoms with Gasteiger partial charge in [-0.15, -0.1) is 0 Å². The third-order valence-corrected chi connectivity index (χ3v) is 6.09. The second kappa shape index (κ2) is 7.92. The second-order valence-electron chi connectivity index (χ2n) is 8.04. The van der Waals surface area contributed by atoms with Crippen molar-refractivity contribution in [3.63, 3.8) is 0 Å². The first-order chi connectivity index (χ1) is 14.3. The predicted molar refractivity (Wildman–Crippen MR) is 111 cm³/mol. The molecule has 0 aliphatic carbocycles. The summed E-state index contributed by atoms with van der Waals surface area (Å²) in [5.41, 5.74) is 1.72. The first kappa shape index (κ1) is 20.7. The molecule has 4 amide bonds. The van der Waals surface area contributed by atoms with Gasteiger partial charge < -0.3 is 19.9 Å². The van der Waals surface area contributed by atoms with Gasteiger partial charge in [-0.2, -0.15) is 0 Å². The standard InChI is InChI=1S/C21H25ClN4O4/c1-12-8-25(9-13(2)30-12)17(27)11-26-10-16-18(20(26)28)19(23-21(29)24(16)3)14-6-4-5-7-15(14)22/h4-7,12-13,19H,8-11H2,1-3H3,(H,23,29)/t12-,13+,19-/m0/s1. The average Bonchev–Trinajstić information content (AvgIpc) is 3.01. The summed E-state index contributed by atoms with van der Waals surface area (Å²) < 4.78 is 5.69. The highest BCUT2D eigenvalue weighted by Gasteiger charge is 2.44. The van der Waals surface area contributed by atoms with Crippen molar-refractivity contribution in [2.24, 2.45) is 0 Å². The molecule has 1 fully saturated rings. The van der Waals surface area contributed by atoms with Crippen molar-refractivity contribution in [3.05, 3.63) is 46.1 Å². The second-order valence-corrected chi connectivity index (χ2v) is 8.45. The van der Waals surface area contributed by atoms with Crippen molar-refractivity contribution in [2.45, 2.75) is 32.1 Å². The first-order valence-electron chi connectivity index (χ1n) is 10.0. The smallest absolute Gasteiger partial charge is 0.322 e. The van der Waals surface area contributed by atoms with Gasteiger partial charge in [0, 0.05) is 25.2 Å². The highest BCUT2D eigenvalue weighted by Crippen LogP contribution is 2.37. The molecule has 4 rings (SSSR count). The molecule has 9 heteroatoms. The van der Waals surface area contributed by atoms with Gasteiger partial charge in [-0.1, -0.05) is 29.8 Å². The molecule has 3 aliphatic rings. The Morgan fingerprint density at radius 3 is 2.53 bits per heavy atom. The number of morpholine rings is 1. The normalized spacial score (nSPS) is 26.8. The number of nitrogens with zero attached hydrogens (tertiary/aromatic N) is 3. The molecule has 3 atom stereocenters.